The van der Waals surface area contributed by atoms with Crippen molar-refractivity contribution in [3.05, 3.63) is 58.0 Å². The lowest BCUT2D eigenvalue weighted by Gasteiger charge is -2.31. The van der Waals surface area contributed by atoms with Gasteiger partial charge in [-0.3, -0.25) is 19.7 Å². The largest absolute Gasteiger partial charge is 0.467 e. The summed E-state index contributed by atoms with van der Waals surface area (Å²) in [6.07, 6.45) is 2.64. The quantitative estimate of drug-likeness (QED) is 0.581. The normalized spacial score (nSPS) is 14.5. The molecule has 9 nitrogen and oxygen atoms in total. The van der Waals surface area contributed by atoms with Gasteiger partial charge in [-0.05, 0) is 31.0 Å². The molecule has 148 valence electrons. The predicted octanol–water partition coefficient (Wildman–Crippen LogP) is 2.40. The second-order valence-corrected chi connectivity index (χ2v) is 6.60. The van der Waals surface area contributed by atoms with E-state index in [0.717, 1.165) is 0 Å². The van der Waals surface area contributed by atoms with Gasteiger partial charge in [0.05, 0.1) is 23.3 Å². The molecule has 1 saturated heterocycles. The van der Waals surface area contributed by atoms with Crippen LogP contribution in [0, 0.1) is 16.0 Å². The molecular weight excluding hydrogens is 364 g/mol. The van der Waals surface area contributed by atoms with Crippen molar-refractivity contribution in [3.8, 4) is 0 Å². The number of hydrogen-bond donors (Lipinski definition) is 2. The van der Waals surface area contributed by atoms with Crippen molar-refractivity contribution in [2.45, 2.75) is 19.4 Å². The molecule has 1 fully saturated rings. The Morgan fingerprint density at radius 2 is 2.04 bits per heavy atom. The van der Waals surface area contributed by atoms with Crippen LogP contribution in [0.4, 0.5) is 11.4 Å². The number of nitro groups is 1. The second kappa shape index (κ2) is 8.55. The van der Waals surface area contributed by atoms with Crippen LogP contribution in [-0.4, -0.2) is 41.8 Å². The third kappa shape index (κ3) is 4.30. The highest BCUT2D eigenvalue weighted by molar-refractivity contribution is 6.00. The Morgan fingerprint density at radius 1 is 1.29 bits per heavy atom. The number of piperidine rings is 1. The number of rotatable bonds is 6. The molecule has 2 aromatic rings. The van der Waals surface area contributed by atoms with E-state index in [2.05, 4.69) is 10.6 Å². The molecule has 9 heteroatoms. The molecule has 1 aromatic carbocycles. The number of likely N-dealkylation sites (tertiary alicyclic amines) is 1. The van der Waals surface area contributed by atoms with Gasteiger partial charge in [-0.15, -0.1) is 0 Å². The van der Waals surface area contributed by atoms with Gasteiger partial charge in [-0.2, -0.15) is 0 Å². The zero-order valence-corrected chi connectivity index (χ0v) is 15.5. The number of benzene rings is 1. The fourth-order valence-electron chi connectivity index (χ4n) is 3.29. The van der Waals surface area contributed by atoms with Crippen LogP contribution in [0.15, 0.2) is 41.0 Å². The van der Waals surface area contributed by atoms with Crippen LogP contribution in [0.1, 0.15) is 29.0 Å². The number of hydrogen-bond acceptors (Lipinski definition) is 6. The van der Waals surface area contributed by atoms with Gasteiger partial charge in [0.1, 0.15) is 5.76 Å². The Labute approximate surface area is 161 Å². The van der Waals surface area contributed by atoms with Crippen LogP contribution in [0.25, 0.3) is 0 Å². The minimum atomic E-state index is -0.522. The van der Waals surface area contributed by atoms with E-state index in [0.29, 0.717) is 43.9 Å². The summed E-state index contributed by atoms with van der Waals surface area (Å²) in [4.78, 5) is 37.3. The maximum absolute atomic E-state index is 12.9. The Bertz CT molecular complexity index is 857. The standard InChI is InChI=1S/C19H22N4O5/c1-20-17-5-4-14(23(26)27)11-16(17)19(25)22-8-6-13(7-9-22)18(24)21-12-15-3-2-10-28-15/h2-5,10-11,13,20H,6-9,12H2,1H3,(H,21,24). The SMILES string of the molecule is CNc1ccc([N+](=O)[O-])cc1C(=O)N1CCC(C(=O)NCc2ccco2)CC1. The molecule has 28 heavy (non-hydrogen) atoms. The fourth-order valence-corrected chi connectivity index (χ4v) is 3.29. The topological polar surface area (TPSA) is 118 Å². The first-order chi connectivity index (χ1) is 13.5. The summed E-state index contributed by atoms with van der Waals surface area (Å²) in [6.45, 7) is 1.18. The number of anilines is 1. The molecule has 3 rings (SSSR count). The zero-order chi connectivity index (χ0) is 20.1. The minimum absolute atomic E-state index is 0.0604. The van der Waals surface area contributed by atoms with Crippen LogP contribution < -0.4 is 10.6 Å². The number of non-ortho nitro benzene ring substituents is 1. The zero-order valence-electron chi connectivity index (χ0n) is 15.5. The smallest absolute Gasteiger partial charge is 0.270 e. The van der Waals surface area contributed by atoms with Gasteiger partial charge in [-0.1, -0.05) is 0 Å². The number of nitro benzene ring substituents is 1. The van der Waals surface area contributed by atoms with E-state index in [1.165, 1.54) is 18.2 Å². The van der Waals surface area contributed by atoms with E-state index in [9.17, 15) is 19.7 Å². The van der Waals surface area contributed by atoms with Gasteiger partial charge in [-0.25, -0.2) is 0 Å². The molecule has 0 spiro atoms. The molecule has 0 saturated carbocycles. The van der Waals surface area contributed by atoms with Crippen molar-refractivity contribution < 1.29 is 18.9 Å². The Hall–Kier alpha value is -3.36. The number of furan rings is 1. The molecule has 1 aliphatic rings. The predicted molar refractivity (Wildman–Crippen MR) is 102 cm³/mol. The number of carbonyl (C=O) groups is 2. The van der Waals surface area contributed by atoms with Crippen molar-refractivity contribution in [2.75, 3.05) is 25.5 Å². The van der Waals surface area contributed by atoms with Gasteiger partial charge in [0, 0.05) is 43.9 Å². The number of nitrogens with zero attached hydrogens (tertiary/aromatic N) is 2. The fraction of sp³-hybridized carbons (Fsp3) is 0.368. The first-order valence-corrected chi connectivity index (χ1v) is 9.05. The van der Waals surface area contributed by atoms with Crippen LogP contribution in [0.3, 0.4) is 0 Å². The molecule has 2 amide bonds. The Morgan fingerprint density at radius 3 is 2.64 bits per heavy atom. The summed E-state index contributed by atoms with van der Waals surface area (Å²) in [5.74, 6) is 0.177. The van der Waals surface area contributed by atoms with Crippen LogP contribution in [0.5, 0.6) is 0 Å². The van der Waals surface area contributed by atoms with E-state index in [1.807, 2.05) is 0 Å². The maximum Gasteiger partial charge on any atom is 0.270 e. The lowest BCUT2D eigenvalue weighted by atomic mass is 9.95. The van der Waals surface area contributed by atoms with Crippen LogP contribution in [0.2, 0.25) is 0 Å². The average Bonchev–Trinajstić information content (AvgIpc) is 3.24. The molecule has 0 unspecified atom stereocenters. The summed E-state index contributed by atoms with van der Waals surface area (Å²) in [7, 11) is 1.66. The Balaban J connectivity index is 1.60. The average molecular weight is 386 g/mol. The van der Waals surface area contributed by atoms with E-state index >= 15 is 0 Å². The summed E-state index contributed by atoms with van der Waals surface area (Å²) >= 11 is 0. The molecular formula is C19H22N4O5. The number of amides is 2. The Kier molecular flexibility index (Phi) is 5.93. The van der Waals surface area contributed by atoms with Gasteiger partial charge in [0.2, 0.25) is 5.91 Å². The molecule has 0 bridgehead atoms. The summed E-state index contributed by atoms with van der Waals surface area (Å²) in [5, 5.41) is 16.8. The van der Waals surface area contributed by atoms with Crippen LogP contribution >= 0.6 is 0 Å². The lowest BCUT2D eigenvalue weighted by molar-refractivity contribution is -0.384. The molecule has 0 atom stereocenters. The van der Waals surface area contributed by atoms with Crippen molar-refractivity contribution in [1.82, 2.24) is 10.2 Å². The first kappa shape index (κ1) is 19.4. The van der Waals surface area contributed by atoms with Crippen molar-refractivity contribution in [2.24, 2.45) is 5.92 Å². The van der Waals surface area contributed by atoms with Gasteiger partial charge in [0.25, 0.3) is 11.6 Å². The van der Waals surface area contributed by atoms with Gasteiger partial charge < -0.3 is 20.0 Å². The highest BCUT2D eigenvalue weighted by Gasteiger charge is 2.29. The molecule has 0 aliphatic carbocycles. The summed E-state index contributed by atoms with van der Waals surface area (Å²) in [6, 6.07) is 7.73. The molecule has 2 N–H and O–H groups in total. The molecule has 1 aromatic heterocycles. The highest BCUT2D eigenvalue weighted by atomic mass is 16.6. The molecule has 0 radical (unpaired) electrons. The van der Waals surface area contributed by atoms with Gasteiger partial charge in [0.15, 0.2) is 0 Å². The van der Waals surface area contributed by atoms with E-state index in [1.54, 1.807) is 30.3 Å². The van der Waals surface area contributed by atoms with Gasteiger partial charge >= 0.3 is 0 Å². The number of carbonyl (C=O) groups excluding carboxylic acids is 2. The maximum atomic E-state index is 12.9. The monoisotopic (exact) mass is 386 g/mol. The van der Waals surface area contributed by atoms with Crippen LogP contribution in [-0.2, 0) is 11.3 Å². The lowest BCUT2D eigenvalue weighted by Crippen LogP contribution is -2.43. The van der Waals surface area contributed by atoms with E-state index in [-0.39, 0.29) is 29.0 Å². The third-order valence-corrected chi connectivity index (χ3v) is 4.88. The van der Waals surface area contributed by atoms with Crippen molar-refractivity contribution >= 4 is 23.2 Å². The summed E-state index contributed by atoms with van der Waals surface area (Å²) in [5.41, 5.74) is 0.667. The number of nitrogens with one attached hydrogen (secondary N) is 2. The molecule has 1 aliphatic heterocycles. The third-order valence-electron chi connectivity index (χ3n) is 4.88. The first-order valence-electron chi connectivity index (χ1n) is 9.05. The van der Waals surface area contributed by atoms with Crippen molar-refractivity contribution in [1.29, 1.82) is 0 Å². The highest BCUT2D eigenvalue weighted by Crippen LogP contribution is 2.26. The summed E-state index contributed by atoms with van der Waals surface area (Å²) < 4.78 is 5.20. The minimum Gasteiger partial charge on any atom is -0.467 e. The van der Waals surface area contributed by atoms with E-state index in [4.69, 9.17) is 4.42 Å². The van der Waals surface area contributed by atoms with E-state index < -0.39 is 4.92 Å². The second-order valence-electron chi connectivity index (χ2n) is 6.60. The van der Waals surface area contributed by atoms with Crippen molar-refractivity contribution in [3.63, 3.8) is 0 Å². The molecule has 2 heterocycles.